The zero-order chi connectivity index (χ0) is 21.7. The molecule has 0 radical (unpaired) electrons. The second kappa shape index (κ2) is 9.53. The zero-order valence-electron chi connectivity index (χ0n) is 16.3. The van der Waals surface area contributed by atoms with Crippen LogP contribution in [-0.4, -0.2) is 54.9 Å². The van der Waals surface area contributed by atoms with E-state index in [0.29, 0.717) is 0 Å². The van der Waals surface area contributed by atoms with Crippen LogP contribution < -0.4 is 10.1 Å². The van der Waals surface area contributed by atoms with Crippen molar-refractivity contribution in [2.75, 3.05) is 26.8 Å². The fraction of sp³-hybridized carbons (Fsp3) is 0.333. The summed E-state index contributed by atoms with van der Waals surface area (Å²) in [4.78, 5) is 26.2. The van der Waals surface area contributed by atoms with Gasteiger partial charge in [0.1, 0.15) is 30.0 Å². The highest BCUT2D eigenvalue weighted by atomic mass is 19.1. The summed E-state index contributed by atoms with van der Waals surface area (Å²) in [6.45, 7) is -0.434. The van der Waals surface area contributed by atoms with Crippen molar-refractivity contribution in [2.45, 2.75) is 18.6 Å². The Bertz CT molecular complexity index is 887. The maximum Gasteiger partial charge on any atom is 0.408 e. The van der Waals surface area contributed by atoms with Crippen molar-refractivity contribution >= 4 is 12.0 Å². The Morgan fingerprint density at radius 3 is 2.50 bits per heavy atom. The molecule has 1 heterocycles. The highest BCUT2D eigenvalue weighted by Crippen LogP contribution is 2.34. The van der Waals surface area contributed by atoms with Gasteiger partial charge in [0.15, 0.2) is 0 Å². The first kappa shape index (κ1) is 21.5. The normalized spacial score (nSPS) is 18.4. The average Bonchev–Trinajstić information content (AvgIpc) is 3.02. The van der Waals surface area contributed by atoms with Gasteiger partial charge in [0.05, 0.1) is 13.7 Å². The molecule has 2 amide bonds. The summed E-state index contributed by atoms with van der Waals surface area (Å²) in [7, 11) is 1.28. The summed E-state index contributed by atoms with van der Waals surface area (Å²) < 4.78 is 39.3. The number of likely N-dealkylation sites (tertiary alicyclic amines) is 1. The lowest BCUT2D eigenvalue weighted by Gasteiger charge is -2.20. The van der Waals surface area contributed by atoms with Crippen LogP contribution in [0.1, 0.15) is 17.0 Å². The lowest BCUT2D eigenvalue weighted by Crippen LogP contribution is -2.44. The first-order valence-electron chi connectivity index (χ1n) is 9.34. The Morgan fingerprint density at radius 2 is 1.90 bits per heavy atom. The Labute approximate surface area is 172 Å². The van der Waals surface area contributed by atoms with E-state index in [1.165, 1.54) is 12.0 Å². The van der Waals surface area contributed by atoms with E-state index in [4.69, 9.17) is 9.47 Å². The van der Waals surface area contributed by atoms with Crippen molar-refractivity contribution in [3.63, 3.8) is 0 Å². The van der Waals surface area contributed by atoms with Crippen LogP contribution in [0.4, 0.5) is 13.6 Å². The number of aliphatic hydroxyl groups excluding tert-OH is 1. The van der Waals surface area contributed by atoms with Gasteiger partial charge in [-0.05, 0) is 5.56 Å². The topological polar surface area (TPSA) is 88.1 Å². The SMILES string of the molecule is COc1cc(F)c(C2CN(CCO)C(=O)C2NC(=O)OCc2ccccc2)c(F)c1. The Kier molecular flexibility index (Phi) is 6.83. The predicted octanol–water partition coefficient (Wildman–Crippen LogP) is 2.19. The van der Waals surface area contributed by atoms with Gasteiger partial charge in [-0.2, -0.15) is 0 Å². The van der Waals surface area contributed by atoms with E-state index in [-0.39, 0.29) is 37.6 Å². The molecule has 1 saturated heterocycles. The van der Waals surface area contributed by atoms with Crippen molar-refractivity contribution in [1.29, 1.82) is 0 Å². The number of methoxy groups -OCH3 is 1. The van der Waals surface area contributed by atoms with Crippen molar-refractivity contribution in [3.05, 3.63) is 65.2 Å². The van der Waals surface area contributed by atoms with Gasteiger partial charge in [-0.25, -0.2) is 13.6 Å². The summed E-state index contributed by atoms with van der Waals surface area (Å²) in [6, 6.07) is 9.72. The highest BCUT2D eigenvalue weighted by Gasteiger charge is 2.44. The third kappa shape index (κ3) is 4.68. The van der Waals surface area contributed by atoms with Gasteiger partial charge in [-0.15, -0.1) is 0 Å². The molecular weight excluding hydrogens is 398 g/mol. The third-order valence-corrected chi connectivity index (χ3v) is 4.91. The van der Waals surface area contributed by atoms with E-state index in [9.17, 15) is 23.5 Å². The van der Waals surface area contributed by atoms with E-state index in [0.717, 1.165) is 17.7 Å². The number of nitrogens with one attached hydrogen (secondary N) is 1. The fourth-order valence-corrected chi connectivity index (χ4v) is 3.47. The van der Waals surface area contributed by atoms with E-state index in [1.807, 2.05) is 6.07 Å². The van der Waals surface area contributed by atoms with E-state index < -0.39 is 35.6 Å². The number of rotatable bonds is 7. The van der Waals surface area contributed by atoms with Gasteiger partial charge < -0.3 is 24.8 Å². The molecule has 2 aromatic rings. The molecule has 0 bridgehead atoms. The van der Waals surface area contributed by atoms with Gasteiger partial charge in [-0.1, -0.05) is 30.3 Å². The molecule has 7 nitrogen and oxygen atoms in total. The van der Waals surface area contributed by atoms with Crippen LogP contribution in [0.2, 0.25) is 0 Å². The number of halogens is 2. The maximum absolute atomic E-state index is 14.6. The number of hydrogen-bond donors (Lipinski definition) is 2. The molecule has 30 heavy (non-hydrogen) atoms. The fourth-order valence-electron chi connectivity index (χ4n) is 3.47. The molecule has 2 atom stereocenters. The Balaban J connectivity index is 1.80. The molecule has 3 rings (SSSR count). The highest BCUT2D eigenvalue weighted by molar-refractivity contribution is 5.89. The number of ether oxygens (including phenoxy) is 2. The molecule has 1 fully saturated rings. The summed E-state index contributed by atoms with van der Waals surface area (Å²) in [6.07, 6.45) is -0.887. The van der Waals surface area contributed by atoms with Gasteiger partial charge in [0, 0.05) is 36.7 Å². The van der Waals surface area contributed by atoms with Crippen molar-refractivity contribution in [1.82, 2.24) is 10.2 Å². The lowest BCUT2D eigenvalue weighted by atomic mass is 9.93. The smallest absolute Gasteiger partial charge is 0.408 e. The molecule has 2 unspecified atom stereocenters. The van der Waals surface area contributed by atoms with Gasteiger partial charge in [0.25, 0.3) is 0 Å². The molecule has 0 saturated carbocycles. The standard InChI is InChI=1S/C21H22F2N2O5/c1-29-14-9-16(22)18(17(23)10-14)15-11-25(7-8-26)20(27)19(15)24-21(28)30-12-13-5-3-2-4-6-13/h2-6,9-10,15,19,26H,7-8,11-12H2,1H3,(H,24,28). The lowest BCUT2D eigenvalue weighted by molar-refractivity contribution is -0.129. The second-order valence-corrected chi connectivity index (χ2v) is 6.80. The number of hydrogen-bond acceptors (Lipinski definition) is 5. The van der Waals surface area contributed by atoms with Crippen LogP contribution in [0.25, 0.3) is 0 Å². The number of alkyl carbamates (subject to hydrolysis) is 1. The largest absolute Gasteiger partial charge is 0.497 e. The molecule has 0 aliphatic carbocycles. The first-order chi connectivity index (χ1) is 14.4. The first-order valence-corrected chi connectivity index (χ1v) is 9.34. The summed E-state index contributed by atoms with van der Waals surface area (Å²) in [5, 5.41) is 11.6. The van der Waals surface area contributed by atoms with Crippen LogP contribution in [-0.2, 0) is 16.1 Å². The average molecular weight is 420 g/mol. The molecule has 1 aliphatic rings. The molecule has 2 N–H and O–H groups in total. The number of amides is 2. The van der Waals surface area contributed by atoms with Crippen molar-refractivity contribution in [2.24, 2.45) is 0 Å². The van der Waals surface area contributed by atoms with Gasteiger partial charge >= 0.3 is 6.09 Å². The number of carbonyl (C=O) groups excluding carboxylic acids is 2. The third-order valence-electron chi connectivity index (χ3n) is 4.91. The molecule has 2 aromatic carbocycles. The minimum atomic E-state index is -1.24. The number of β-amino-alcohol motifs (C(OH)–C–C–N with tert-alkyl or cyclic N) is 1. The number of carbonyl (C=O) groups is 2. The maximum atomic E-state index is 14.6. The minimum absolute atomic E-state index is 0.00272. The summed E-state index contributed by atoms with van der Waals surface area (Å²) >= 11 is 0. The van der Waals surface area contributed by atoms with E-state index >= 15 is 0 Å². The van der Waals surface area contributed by atoms with Crippen LogP contribution in [0.15, 0.2) is 42.5 Å². The number of nitrogens with zero attached hydrogens (tertiary/aromatic N) is 1. The zero-order valence-corrected chi connectivity index (χ0v) is 16.3. The summed E-state index contributed by atoms with van der Waals surface area (Å²) in [5.74, 6) is -3.34. The Morgan fingerprint density at radius 1 is 1.23 bits per heavy atom. The van der Waals surface area contributed by atoms with Crippen molar-refractivity contribution in [3.8, 4) is 5.75 Å². The molecular formula is C21H22F2N2O5. The van der Waals surface area contributed by atoms with Crippen LogP contribution in [0, 0.1) is 11.6 Å². The van der Waals surface area contributed by atoms with Crippen LogP contribution >= 0.6 is 0 Å². The van der Waals surface area contributed by atoms with Gasteiger partial charge in [0.2, 0.25) is 5.91 Å². The number of benzene rings is 2. The quantitative estimate of drug-likeness (QED) is 0.717. The molecule has 0 aromatic heterocycles. The van der Waals surface area contributed by atoms with E-state index in [2.05, 4.69) is 5.32 Å². The van der Waals surface area contributed by atoms with Gasteiger partial charge in [-0.3, -0.25) is 4.79 Å². The number of aliphatic hydroxyl groups is 1. The second-order valence-electron chi connectivity index (χ2n) is 6.80. The van der Waals surface area contributed by atoms with E-state index in [1.54, 1.807) is 24.3 Å². The predicted molar refractivity (Wildman–Crippen MR) is 103 cm³/mol. The van der Waals surface area contributed by atoms with Crippen molar-refractivity contribution < 1.29 is 33.0 Å². The van der Waals surface area contributed by atoms with Crippen LogP contribution in [0.5, 0.6) is 5.75 Å². The van der Waals surface area contributed by atoms with Crippen LogP contribution in [0.3, 0.4) is 0 Å². The monoisotopic (exact) mass is 420 g/mol. The molecule has 160 valence electrons. The summed E-state index contributed by atoms with van der Waals surface area (Å²) in [5.41, 5.74) is 0.411. The Hall–Kier alpha value is -3.20. The molecule has 9 heteroatoms. The molecule has 0 spiro atoms. The molecule has 1 aliphatic heterocycles. The minimum Gasteiger partial charge on any atom is -0.497 e.